The lowest BCUT2D eigenvalue weighted by Crippen LogP contribution is -2.60. The first-order valence-corrected chi connectivity index (χ1v) is 19.9. The normalized spacial score (nSPS) is 27.0. The fraction of sp³-hybridized carbons (Fsp3) is 0.568. The van der Waals surface area contributed by atoms with Gasteiger partial charge in [0.25, 0.3) is 5.91 Å². The van der Waals surface area contributed by atoms with E-state index in [1.807, 2.05) is 0 Å². The van der Waals surface area contributed by atoms with E-state index in [9.17, 15) is 41.6 Å². The summed E-state index contributed by atoms with van der Waals surface area (Å²) in [7, 11) is -3.98. The highest BCUT2D eigenvalue weighted by molar-refractivity contribution is 7.91. The number of halogens is 1. The van der Waals surface area contributed by atoms with Gasteiger partial charge in [-0.15, -0.1) is 0 Å². The molecular weight excluding hydrogens is 740 g/mol. The minimum Gasteiger partial charge on any atom is -0.444 e. The third-order valence-corrected chi connectivity index (χ3v) is 12.1. The van der Waals surface area contributed by atoms with Crippen molar-refractivity contribution >= 4 is 45.8 Å². The SMILES string of the molecule is C=CC(=O)N1CCCC=C[C@@H]2C[C@@]2(C(=O)NS(=O)(=O)C2CC2)NC(=O)[C@@H]2C[C@@H](OC(=O)N3Cc4cccc(F)c4C3)CN2C(=O)[C@@H](NC(=O)OC(C)(C)C)C1. The molecule has 6 rings (SSSR count). The number of sulfonamides is 1. The predicted molar refractivity (Wildman–Crippen MR) is 193 cm³/mol. The highest BCUT2D eigenvalue weighted by Crippen LogP contribution is 2.46. The number of nitrogens with zero attached hydrogens (tertiary/aromatic N) is 3. The number of fused-ring (bicyclic) bond motifs is 3. The van der Waals surface area contributed by atoms with Gasteiger partial charge in [-0.2, -0.15) is 0 Å². The van der Waals surface area contributed by atoms with E-state index in [-0.39, 0.29) is 45.6 Å². The Kier molecular flexibility index (Phi) is 11.0. The van der Waals surface area contributed by atoms with Gasteiger partial charge in [0.2, 0.25) is 27.7 Å². The first-order chi connectivity index (χ1) is 25.9. The minimum atomic E-state index is -3.98. The molecule has 0 spiro atoms. The molecule has 1 saturated heterocycles. The molecule has 0 unspecified atom stereocenters. The number of alkyl carbamates (subject to hydrolysis) is 1. The van der Waals surface area contributed by atoms with Crippen LogP contribution in [0.4, 0.5) is 14.0 Å². The fourth-order valence-electron chi connectivity index (χ4n) is 7.21. The van der Waals surface area contributed by atoms with E-state index in [1.165, 1.54) is 21.9 Å². The molecule has 3 fully saturated rings. The zero-order chi connectivity index (χ0) is 39.9. The zero-order valence-corrected chi connectivity index (χ0v) is 31.9. The Morgan fingerprint density at radius 1 is 1.09 bits per heavy atom. The summed E-state index contributed by atoms with van der Waals surface area (Å²) in [6.45, 7) is 7.99. The van der Waals surface area contributed by atoms with Gasteiger partial charge >= 0.3 is 12.2 Å². The smallest absolute Gasteiger partial charge is 0.410 e. The van der Waals surface area contributed by atoms with Crippen molar-refractivity contribution in [3.63, 3.8) is 0 Å². The maximum absolute atomic E-state index is 14.6. The molecule has 55 heavy (non-hydrogen) atoms. The van der Waals surface area contributed by atoms with Crippen LogP contribution in [0.5, 0.6) is 0 Å². The van der Waals surface area contributed by atoms with Gasteiger partial charge in [-0.1, -0.05) is 30.9 Å². The molecule has 16 nitrogen and oxygen atoms in total. The van der Waals surface area contributed by atoms with Crippen molar-refractivity contribution in [3.8, 4) is 0 Å². The maximum atomic E-state index is 14.6. The lowest BCUT2D eigenvalue weighted by atomic mass is 10.1. The van der Waals surface area contributed by atoms with Crippen LogP contribution in [0, 0.1) is 11.7 Å². The van der Waals surface area contributed by atoms with Crippen LogP contribution < -0.4 is 15.4 Å². The highest BCUT2D eigenvalue weighted by atomic mass is 32.2. The quantitative estimate of drug-likeness (QED) is 0.283. The van der Waals surface area contributed by atoms with E-state index in [0.29, 0.717) is 36.8 Å². The summed E-state index contributed by atoms with van der Waals surface area (Å²) in [5.41, 5.74) is -1.64. The van der Waals surface area contributed by atoms with Crippen molar-refractivity contribution in [2.45, 2.75) is 107 Å². The molecule has 18 heteroatoms. The van der Waals surface area contributed by atoms with E-state index in [0.717, 1.165) is 11.0 Å². The molecule has 5 atom stereocenters. The Balaban J connectivity index is 1.31. The number of hydrogen-bond donors (Lipinski definition) is 3. The molecule has 6 amide bonds. The van der Waals surface area contributed by atoms with Gasteiger partial charge < -0.3 is 29.9 Å². The molecule has 0 radical (unpaired) electrons. The van der Waals surface area contributed by atoms with E-state index < -0.39 is 92.2 Å². The molecule has 2 saturated carbocycles. The van der Waals surface area contributed by atoms with Crippen LogP contribution in [-0.2, 0) is 51.8 Å². The van der Waals surface area contributed by atoms with Crippen LogP contribution >= 0.6 is 0 Å². The summed E-state index contributed by atoms with van der Waals surface area (Å²) in [6, 6.07) is 1.71. The second-order valence-electron chi connectivity index (χ2n) is 15.7. The van der Waals surface area contributed by atoms with E-state index in [1.54, 1.807) is 39.0 Å². The Bertz CT molecular complexity index is 1910. The Morgan fingerprint density at radius 2 is 1.84 bits per heavy atom. The number of hydrogen-bond acceptors (Lipinski definition) is 10. The molecule has 1 aromatic carbocycles. The summed E-state index contributed by atoms with van der Waals surface area (Å²) in [5.74, 6) is -4.10. The molecule has 5 aliphatic rings. The van der Waals surface area contributed by atoms with Gasteiger partial charge in [-0.05, 0) is 70.6 Å². The lowest BCUT2D eigenvalue weighted by molar-refractivity contribution is -0.142. The van der Waals surface area contributed by atoms with Crippen molar-refractivity contribution < 1.29 is 51.0 Å². The van der Waals surface area contributed by atoms with Crippen LogP contribution in [0.25, 0.3) is 0 Å². The summed E-state index contributed by atoms with van der Waals surface area (Å²) < 4.78 is 53.5. The topological polar surface area (TPSA) is 201 Å². The van der Waals surface area contributed by atoms with Gasteiger partial charge in [0.15, 0.2) is 0 Å². The number of benzene rings is 1. The highest BCUT2D eigenvalue weighted by Gasteiger charge is 2.62. The third kappa shape index (κ3) is 8.95. The number of rotatable bonds is 6. The first-order valence-electron chi connectivity index (χ1n) is 18.4. The average molecular weight is 787 g/mol. The molecule has 2 aliphatic carbocycles. The van der Waals surface area contributed by atoms with Gasteiger partial charge in [0.05, 0.1) is 24.9 Å². The monoisotopic (exact) mass is 786 g/mol. The van der Waals surface area contributed by atoms with E-state index in [2.05, 4.69) is 21.9 Å². The molecular formula is C37H47FN6O10S. The molecule has 3 N–H and O–H groups in total. The number of carbonyl (C=O) groups is 6. The van der Waals surface area contributed by atoms with Crippen molar-refractivity contribution in [1.29, 1.82) is 0 Å². The third-order valence-electron chi connectivity index (χ3n) is 10.3. The molecule has 0 bridgehead atoms. The molecule has 298 valence electrons. The second kappa shape index (κ2) is 15.3. The van der Waals surface area contributed by atoms with E-state index in [4.69, 9.17) is 9.47 Å². The predicted octanol–water partition coefficient (Wildman–Crippen LogP) is 1.99. The first kappa shape index (κ1) is 39.7. The van der Waals surface area contributed by atoms with E-state index >= 15 is 0 Å². The largest absolute Gasteiger partial charge is 0.444 e. The number of nitrogens with one attached hydrogen (secondary N) is 3. The van der Waals surface area contributed by atoms with Crippen LogP contribution in [0.1, 0.15) is 70.4 Å². The summed E-state index contributed by atoms with van der Waals surface area (Å²) in [6.07, 6.45) is 3.24. The fourth-order valence-corrected chi connectivity index (χ4v) is 8.57. The molecule has 3 aliphatic heterocycles. The Labute approximate surface area is 318 Å². The van der Waals surface area contributed by atoms with Crippen molar-refractivity contribution in [3.05, 3.63) is 60.0 Å². The van der Waals surface area contributed by atoms with Gasteiger partial charge in [0.1, 0.15) is 35.1 Å². The van der Waals surface area contributed by atoms with Crippen LogP contribution in [-0.4, -0.2) is 113 Å². The van der Waals surface area contributed by atoms with Crippen LogP contribution in [0.15, 0.2) is 43.0 Å². The zero-order valence-electron chi connectivity index (χ0n) is 31.0. The summed E-state index contributed by atoms with van der Waals surface area (Å²) in [5, 5.41) is 4.58. The van der Waals surface area contributed by atoms with Gasteiger partial charge in [-0.25, -0.2) is 22.4 Å². The number of carbonyl (C=O) groups excluding carboxylic acids is 6. The summed E-state index contributed by atoms with van der Waals surface area (Å²) in [4.78, 5) is 85.8. The molecule has 3 heterocycles. The number of amides is 6. The molecule has 1 aromatic rings. The van der Waals surface area contributed by atoms with Crippen molar-refractivity contribution in [2.24, 2.45) is 5.92 Å². The Morgan fingerprint density at radius 3 is 2.51 bits per heavy atom. The van der Waals surface area contributed by atoms with Gasteiger partial charge in [0, 0.05) is 31.0 Å². The number of allylic oxidation sites excluding steroid dienone is 1. The maximum Gasteiger partial charge on any atom is 0.410 e. The lowest BCUT2D eigenvalue weighted by Gasteiger charge is -2.32. The average Bonchev–Trinajstić information content (AvgIpc) is 3.99. The van der Waals surface area contributed by atoms with Crippen LogP contribution in [0.3, 0.4) is 0 Å². The minimum absolute atomic E-state index is 0.0501. The molecule has 0 aromatic heterocycles. The summed E-state index contributed by atoms with van der Waals surface area (Å²) >= 11 is 0. The van der Waals surface area contributed by atoms with Crippen molar-refractivity contribution in [2.75, 3.05) is 19.6 Å². The standard InChI is InChI=1S/C37H47FN6O10S/c1-5-30(45)42-15-8-6-7-11-23-17-37(23,33(48)41-55(51,52)25-13-14-25)40-31(46)29-16-24(53-35(50)43-18-22-10-9-12-27(38)26(22)20-43)19-44(29)32(47)28(21-42)39-34(49)54-36(2,3)4/h5,7,9-12,23-25,28-29H,1,6,8,13-21H2,2-4H3,(H,39,49)(H,40,46)(H,41,48)/t23-,24-,28+,29+,37-/m1/s1. The van der Waals surface area contributed by atoms with Crippen LogP contribution in [0.2, 0.25) is 0 Å². The second-order valence-corrected chi connectivity index (χ2v) is 17.6. The van der Waals surface area contributed by atoms with Crippen molar-refractivity contribution in [1.82, 2.24) is 30.1 Å². The van der Waals surface area contributed by atoms with Gasteiger partial charge in [-0.3, -0.25) is 28.8 Å². The Hall–Kier alpha value is -5.00. The number of ether oxygens (including phenoxy) is 2.